The normalized spacial score (nSPS) is 15.1. The van der Waals surface area contributed by atoms with Crippen molar-refractivity contribution in [1.29, 1.82) is 0 Å². The Morgan fingerprint density at radius 2 is 1.65 bits per heavy atom. The first-order valence-corrected chi connectivity index (χ1v) is 13.2. The highest BCUT2D eigenvalue weighted by atomic mass is 32.1. The number of nitrogens with zero attached hydrogens (tertiary/aromatic N) is 3. The highest BCUT2D eigenvalue weighted by molar-refractivity contribution is 7.15. The molecule has 1 aromatic carbocycles. The van der Waals surface area contributed by atoms with Gasteiger partial charge >= 0.3 is 0 Å². The van der Waals surface area contributed by atoms with Gasteiger partial charge in [-0.3, -0.25) is 14.3 Å². The maximum Gasteiger partial charge on any atom is 0.295 e. The van der Waals surface area contributed by atoms with Crippen LogP contribution in [0.4, 0.5) is 10.8 Å². The summed E-state index contributed by atoms with van der Waals surface area (Å²) < 4.78 is 3.40. The van der Waals surface area contributed by atoms with Crippen LogP contribution in [0.15, 0.2) is 35.1 Å². The molecule has 0 spiro atoms. The van der Waals surface area contributed by atoms with Crippen molar-refractivity contribution in [2.45, 2.75) is 71.1 Å². The van der Waals surface area contributed by atoms with Crippen LogP contribution < -0.4 is 16.2 Å². The van der Waals surface area contributed by atoms with Gasteiger partial charge in [0, 0.05) is 11.9 Å². The molecule has 1 aliphatic rings. The first kappa shape index (κ1) is 24.3. The van der Waals surface area contributed by atoms with Gasteiger partial charge in [0.2, 0.25) is 5.91 Å². The summed E-state index contributed by atoms with van der Waals surface area (Å²) in [5.41, 5.74) is 2.98. The van der Waals surface area contributed by atoms with Crippen LogP contribution in [0, 0.1) is 6.92 Å². The first-order chi connectivity index (χ1) is 16.5. The highest BCUT2D eigenvalue weighted by Crippen LogP contribution is 2.27. The third-order valence-electron chi connectivity index (χ3n) is 6.57. The summed E-state index contributed by atoms with van der Waals surface area (Å²) in [6.07, 6.45) is 12.2. The van der Waals surface area contributed by atoms with E-state index in [1.807, 2.05) is 44.3 Å². The topological polar surface area (TPSA) is 81.0 Å². The second-order valence-corrected chi connectivity index (χ2v) is 10.1. The number of hydrogen-bond donors (Lipinski definition) is 2. The second kappa shape index (κ2) is 11.5. The molecule has 2 aromatic heterocycles. The summed E-state index contributed by atoms with van der Waals surface area (Å²) in [6, 6.07) is 9.49. The van der Waals surface area contributed by atoms with E-state index >= 15 is 0 Å². The number of aryl methyl sites for hydroxylation is 2. The minimum Gasteiger partial charge on any atom is -0.370 e. The molecule has 182 valence electrons. The van der Waals surface area contributed by atoms with Crippen LogP contribution in [-0.4, -0.2) is 26.8 Å². The molecule has 8 heteroatoms. The monoisotopic (exact) mass is 481 g/mol. The van der Waals surface area contributed by atoms with Gasteiger partial charge in [-0.15, -0.1) is 11.3 Å². The average molecular weight is 482 g/mol. The van der Waals surface area contributed by atoms with Crippen molar-refractivity contribution in [2.75, 3.05) is 17.2 Å². The lowest BCUT2D eigenvalue weighted by molar-refractivity contribution is -0.114. The molecule has 3 aromatic rings. The molecular weight excluding hydrogens is 446 g/mol. The standard InChI is InChI=1S/C26H35N5O2S/c1-19-24(25(33)31(30(19)2)20-14-10-9-11-15-20)27-18-23(32)29-26-28-21-16-12-7-5-3-4-6-8-13-17-22(21)34-26/h9-11,14-15,27H,3-8,12-13,16-18H2,1-2H3,(H,28,29,32). The molecule has 7 nitrogen and oxygen atoms in total. The summed E-state index contributed by atoms with van der Waals surface area (Å²) in [4.78, 5) is 31.8. The van der Waals surface area contributed by atoms with Crippen molar-refractivity contribution in [2.24, 2.45) is 7.05 Å². The number of benzene rings is 1. The second-order valence-electron chi connectivity index (χ2n) is 9.06. The molecule has 2 N–H and O–H groups in total. The smallest absolute Gasteiger partial charge is 0.295 e. The van der Waals surface area contributed by atoms with E-state index in [0.29, 0.717) is 10.8 Å². The Morgan fingerprint density at radius 1 is 1.00 bits per heavy atom. The number of thiazole rings is 1. The Balaban J connectivity index is 1.41. The largest absolute Gasteiger partial charge is 0.370 e. The Kier molecular flexibility index (Phi) is 8.21. The van der Waals surface area contributed by atoms with Crippen molar-refractivity contribution in [3.8, 4) is 5.69 Å². The van der Waals surface area contributed by atoms with E-state index in [2.05, 4.69) is 10.6 Å². The van der Waals surface area contributed by atoms with E-state index < -0.39 is 0 Å². The van der Waals surface area contributed by atoms with E-state index in [0.717, 1.165) is 36.3 Å². The zero-order chi connectivity index (χ0) is 23.9. The lowest BCUT2D eigenvalue weighted by Crippen LogP contribution is -2.25. The third kappa shape index (κ3) is 5.78. The quantitative estimate of drug-likeness (QED) is 0.524. The fraction of sp³-hybridized carbons (Fsp3) is 0.500. The van der Waals surface area contributed by atoms with E-state index in [4.69, 9.17) is 4.98 Å². The van der Waals surface area contributed by atoms with Gasteiger partial charge < -0.3 is 10.6 Å². The molecule has 0 fully saturated rings. The Morgan fingerprint density at radius 3 is 2.35 bits per heavy atom. The number of carbonyl (C=O) groups is 1. The number of nitrogens with one attached hydrogen (secondary N) is 2. The summed E-state index contributed by atoms with van der Waals surface area (Å²) in [5, 5.41) is 6.67. The third-order valence-corrected chi connectivity index (χ3v) is 7.64. The van der Waals surface area contributed by atoms with Crippen LogP contribution >= 0.6 is 11.3 Å². The van der Waals surface area contributed by atoms with Crippen molar-refractivity contribution in [1.82, 2.24) is 14.3 Å². The molecule has 0 atom stereocenters. The van der Waals surface area contributed by atoms with Crippen LogP contribution in [0.5, 0.6) is 0 Å². The van der Waals surface area contributed by atoms with Gasteiger partial charge in [-0.2, -0.15) is 0 Å². The Bertz CT molecular complexity index is 1130. The fourth-order valence-electron chi connectivity index (χ4n) is 4.57. The minimum absolute atomic E-state index is 0.0130. The molecule has 34 heavy (non-hydrogen) atoms. The number of hydrogen-bond acceptors (Lipinski definition) is 5. The van der Waals surface area contributed by atoms with E-state index in [1.165, 1.54) is 49.8 Å². The maximum absolute atomic E-state index is 13.0. The van der Waals surface area contributed by atoms with Crippen molar-refractivity contribution >= 4 is 28.1 Å². The van der Waals surface area contributed by atoms with Crippen molar-refractivity contribution in [3.63, 3.8) is 0 Å². The molecule has 2 heterocycles. The average Bonchev–Trinajstić information content (AvgIpc) is 3.29. The Hall–Kier alpha value is -2.87. The molecule has 0 saturated heterocycles. The highest BCUT2D eigenvalue weighted by Gasteiger charge is 2.18. The van der Waals surface area contributed by atoms with Gasteiger partial charge in [0.15, 0.2) is 5.13 Å². The number of fused-ring (bicyclic) bond motifs is 1. The number of carbonyl (C=O) groups excluding carboxylic acids is 1. The fourth-order valence-corrected chi connectivity index (χ4v) is 5.64. The van der Waals surface area contributed by atoms with Crippen LogP contribution in [-0.2, 0) is 24.7 Å². The molecule has 0 saturated carbocycles. The minimum atomic E-state index is -0.196. The van der Waals surface area contributed by atoms with E-state index in [-0.39, 0.29) is 18.0 Å². The molecule has 4 rings (SSSR count). The molecular formula is C26H35N5O2S. The summed E-state index contributed by atoms with van der Waals surface area (Å²) in [5.74, 6) is -0.196. The van der Waals surface area contributed by atoms with Crippen LogP contribution in [0.2, 0.25) is 0 Å². The molecule has 0 bridgehead atoms. The molecule has 0 aliphatic heterocycles. The van der Waals surface area contributed by atoms with Gasteiger partial charge in [0.1, 0.15) is 5.69 Å². The predicted molar refractivity (Wildman–Crippen MR) is 139 cm³/mol. The van der Waals surface area contributed by atoms with Crippen LogP contribution in [0.25, 0.3) is 5.69 Å². The van der Waals surface area contributed by atoms with Gasteiger partial charge in [-0.1, -0.05) is 56.7 Å². The number of amides is 1. The molecule has 0 unspecified atom stereocenters. The number of anilines is 2. The van der Waals surface area contributed by atoms with Crippen molar-refractivity contribution < 1.29 is 4.79 Å². The maximum atomic E-state index is 13.0. The van der Waals surface area contributed by atoms with Gasteiger partial charge in [0.25, 0.3) is 5.56 Å². The van der Waals surface area contributed by atoms with Gasteiger partial charge in [0.05, 0.1) is 23.6 Å². The SMILES string of the molecule is Cc1c(NCC(=O)Nc2nc3c(s2)CCCCCCCCCC3)c(=O)n(-c2ccccc2)n1C. The van der Waals surface area contributed by atoms with Crippen LogP contribution in [0.3, 0.4) is 0 Å². The zero-order valence-corrected chi connectivity index (χ0v) is 21.0. The number of aromatic nitrogens is 3. The molecule has 1 aliphatic carbocycles. The first-order valence-electron chi connectivity index (χ1n) is 12.4. The lowest BCUT2D eigenvalue weighted by atomic mass is 10.0. The van der Waals surface area contributed by atoms with E-state index in [9.17, 15) is 9.59 Å². The number of para-hydroxylation sites is 1. The van der Waals surface area contributed by atoms with E-state index in [1.54, 1.807) is 20.7 Å². The molecule has 1 amide bonds. The number of rotatable bonds is 5. The van der Waals surface area contributed by atoms with Gasteiger partial charge in [-0.25, -0.2) is 9.67 Å². The summed E-state index contributed by atoms with van der Waals surface area (Å²) in [7, 11) is 1.84. The van der Waals surface area contributed by atoms with Crippen LogP contribution in [0.1, 0.15) is 67.6 Å². The zero-order valence-electron chi connectivity index (χ0n) is 20.2. The summed E-state index contributed by atoms with van der Waals surface area (Å²) >= 11 is 1.61. The summed E-state index contributed by atoms with van der Waals surface area (Å²) in [6.45, 7) is 1.89. The molecule has 0 radical (unpaired) electrons. The van der Waals surface area contributed by atoms with Gasteiger partial charge in [-0.05, 0) is 44.7 Å². The lowest BCUT2D eigenvalue weighted by Gasteiger charge is -2.07. The van der Waals surface area contributed by atoms with Crippen molar-refractivity contribution in [3.05, 3.63) is 57.0 Å². The Labute approximate surface area is 205 Å². The predicted octanol–water partition coefficient (Wildman–Crippen LogP) is 5.21.